The van der Waals surface area contributed by atoms with Gasteiger partial charge in [-0.05, 0) is 17.8 Å². The van der Waals surface area contributed by atoms with Gasteiger partial charge in [0.2, 0.25) is 0 Å². The number of nitrogens with zero attached hydrogens (tertiary/aromatic N) is 3. The summed E-state index contributed by atoms with van der Waals surface area (Å²) in [7, 11) is 0. The van der Waals surface area contributed by atoms with Crippen molar-refractivity contribution in [1.82, 2.24) is 14.8 Å². The van der Waals surface area contributed by atoms with E-state index in [2.05, 4.69) is 30.9 Å². The summed E-state index contributed by atoms with van der Waals surface area (Å²) in [6.45, 7) is 8.05. The van der Waals surface area contributed by atoms with E-state index in [0.29, 0.717) is 5.41 Å². The maximum Gasteiger partial charge on any atom is 0.138 e. The van der Waals surface area contributed by atoms with Gasteiger partial charge in [0.05, 0.1) is 0 Å². The van der Waals surface area contributed by atoms with Crippen LogP contribution in [0.2, 0.25) is 0 Å². The average Bonchev–Trinajstić information content (AvgIpc) is 2.64. The third-order valence-electron chi connectivity index (χ3n) is 3.83. The maximum absolute atomic E-state index is 4.31. The van der Waals surface area contributed by atoms with E-state index in [4.69, 9.17) is 0 Å². The first-order valence-electron chi connectivity index (χ1n) is 5.50. The first-order valence-corrected chi connectivity index (χ1v) is 5.50. The lowest BCUT2D eigenvalue weighted by Gasteiger charge is -2.35. The van der Waals surface area contributed by atoms with Crippen molar-refractivity contribution in [3.05, 3.63) is 12.2 Å². The Morgan fingerprint density at radius 2 is 2.36 bits per heavy atom. The lowest BCUT2D eigenvalue weighted by molar-refractivity contribution is 0.160. The molecule has 0 saturated carbocycles. The van der Waals surface area contributed by atoms with Crippen molar-refractivity contribution < 1.29 is 0 Å². The molecule has 1 aromatic rings. The minimum absolute atomic E-state index is 0.442. The van der Waals surface area contributed by atoms with Crippen LogP contribution in [0.15, 0.2) is 6.33 Å². The molecule has 0 radical (unpaired) electrons. The van der Waals surface area contributed by atoms with Crippen LogP contribution < -0.4 is 0 Å². The van der Waals surface area contributed by atoms with Gasteiger partial charge in [0.25, 0.3) is 0 Å². The molecule has 0 aliphatic carbocycles. The quantitative estimate of drug-likeness (QED) is 0.721. The zero-order chi connectivity index (χ0) is 10.2. The Balaban J connectivity index is 2.15. The molecule has 0 spiro atoms. The molecule has 3 heteroatoms. The van der Waals surface area contributed by atoms with E-state index < -0.39 is 0 Å². The van der Waals surface area contributed by atoms with Crippen LogP contribution in [0.3, 0.4) is 0 Å². The monoisotopic (exact) mass is 193 g/mol. The van der Waals surface area contributed by atoms with Gasteiger partial charge in [-0.15, -0.1) is 0 Å². The van der Waals surface area contributed by atoms with Crippen LogP contribution in [0.5, 0.6) is 0 Å². The largest absolute Gasteiger partial charge is 0.250 e. The minimum Gasteiger partial charge on any atom is -0.250 e. The molecule has 0 aromatic carbocycles. The van der Waals surface area contributed by atoms with Crippen molar-refractivity contribution in [1.29, 1.82) is 0 Å². The van der Waals surface area contributed by atoms with Crippen LogP contribution in [-0.4, -0.2) is 14.8 Å². The van der Waals surface area contributed by atoms with Crippen molar-refractivity contribution >= 4 is 0 Å². The van der Waals surface area contributed by atoms with Gasteiger partial charge in [-0.3, -0.25) is 4.68 Å². The molecule has 0 saturated heterocycles. The van der Waals surface area contributed by atoms with E-state index in [0.717, 1.165) is 18.9 Å². The Labute approximate surface area is 85.5 Å². The molecule has 1 aliphatic rings. The molecule has 78 valence electrons. The molecule has 0 bridgehead atoms. The van der Waals surface area contributed by atoms with Crippen molar-refractivity contribution in [3.63, 3.8) is 0 Å². The first kappa shape index (κ1) is 9.69. The van der Waals surface area contributed by atoms with E-state index in [-0.39, 0.29) is 0 Å². The number of fused-ring (bicyclic) bond motifs is 1. The summed E-state index contributed by atoms with van der Waals surface area (Å²) in [4.78, 5) is 4.31. The Hall–Kier alpha value is -0.860. The Morgan fingerprint density at radius 1 is 1.57 bits per heavy atom. The molecule has 1 atom stereocenters. The highest BCUT2D eigenvalue weighted by molar-refractivity contribution is 4.95. The van der Waals surface area contributed by atoms with E-state index in [1.54, 1.807) is 6.33 Å². The zero-order valence-corrected chi connectivity index (χ0v) is 9.32. The molecule has 1 aliphatic heterocycles. The molecule has 0 fully saturated rings. The summed E-state index contributed by atoms with van der Waals surface area (Å²) < 4.78 is 2.04. The predicted molar refractivity (Wildman–Crippen MR) is 55.9 cm³/mol. The second kappa shape index (κ2) is 3.37. The second-order valence-electron chi connectivity index (χ2n) is 4.93. The minimum atomic E-state index is 0.442. The van der Waals surface area contributed by atoms with Gasteiger partial charge in [-0.1, -0.05) is 27.2 Å². The lowest BCUT2D eigenvalue weighted by Crippen LogP contribution is -2.31. The number of hydrogen-bond acceptors (Lipinski definition) is 2. The Bertz CT molecular complexity index is 314. The van der Waals surface area contributed by atoms with Gasteiger partial charge >= 0.3 is 0 Å². The molecule has 0 amide bonds. The molecule has 2 rings (SSSR count). The number of rotatable bonds is 2. The van der Waals surface area contributed by atoms with E-state index in [9.17, 15) is 0 Å². The van der Waals surface area contributed by atoms with Crippen molar-refractivity contribution in [2.45, 2.75) is 46.6 Å². The first-order chi connectivity index (χ1) is 6.63. The van der Waals surface area contributed by atoms with Crippen molar-refractivity contribution in [3.8, 4) is 0 Å². The van der Waals surface area contributed by atoms with Crippen LogP contribution in [0, 0.1) is 11.3 Å². The van der Waals surface area contributed by atoms with Crippen molar-refractivity contribution in [2.24, 2.45) is 11.3 Å². The van der Waals surface area contributed by atoms with Gasteiger partial charge in [0.15, 0.2) is 0 Å². The Morgan fingerprint density at radius 3 is 3.07 bits per heavy atom. The molecule has 1 aromatic heterocycles. The third-order valence-corrected chi connectivity index (χ3v) is 3.83. The summed E-state index contributed by atoms with van der Waals surface area (Å²) in [6.07, 6.45) is 5.26. The summed E-state index contributed by atoms with van der Waals surface area (Å²) in [5, 5.41) is 4.20. The van der Waals surface area contributed by atoms with Gasteiger partial charge in [-0.2, -0.15) is 5.10 Å². The summed E-state index contributed by atoms with van der Waals surface area (Å²) in [5.74, 6) is 1.94. The van der Waals surface area contributed by atoms with Crippen LogP contribution in [0.1, 0.15) is 39.4 Å². The fraction of sp³-hybridized carbons (Fsp3) is 0.818. The second-order valence-corrected chi connectivity index (χ2v) is 4.93. The van der Waals surface area contributed by atoms with Crippen LogP contribution in [-0.2, 0) is 13.0 Å². The van der Waals surface area contributed by atoms with Gasteiger partial charge in [0, 0.05) is 13.0 Å². The molecule has 3 nitrogen and oxygen atoms in total. The molecular formula is C11H19N3. The normalized spacial score (nSPS) is 22.1. The fourth-order valence-electron chi connectivity index (χ4n) is 2.19. The third kappa shape index (κ3) is 1.56. The highest BCUT2D eigenvalue weighted by Gasteiger charge is 2.31. The lowest BCUT2D eigenvalue weighted by atomic mass is 9.72. The summed E-state index contributed by atoms with van der Waals surface area (Å²) in [6, 6.07) is 0. The fourth-order valence-corrected chi connectivity index (χ4v) is 2.19. The standard InChI is InChI=1S/C11H19N3/c1-4-11(2,3)9-5-6-14-10(7-9)12-8-13-14/h8-9H,4-7H2,1-3H3. The molecule has 2 heterocycles. The van der Waals surface area contributed by atoms with Gasteiger partial charge < -0.3 is 0 Å². The van der Waals surface area contributed by atoms with Crippen LogP contribution >= 0.6 is 0 Å². The van der Waals surface area contributed by atoms with Crippen LogP contribution in [0.25, 0.3) is 0 Å². The van der Waals surface area contributed by atoms with Crippen molar-refractivity contribution in [2.75, 3.05) is 0 Å². The highest BCUT2D eigenvalue weighted by atomic mass is 15.3. The zero-order valence-electron chi connectivity index (χ0n) is 9.32. The van der Waals surface area contributed by atoms with E-state index >= 15 is 0 Å². The topological polar surface area (TPSA) is 30.7 Å². The van der Waals surface area contributed by atoms with E-state index in [1.165, 1.54) is 18.7 Å². The Kier molecular flexibility index (Phi) is 2.33. The maximum atomic E-state index is 4.31. The average molecular weight is 193 g/mol. The number of aromatic nitrogens is 3. The van der Waals surface area contributed by atoms with E-state index in [1.807, 2.05) is 4.68 Å². The number of aryl methyl sites for hydroxylation is 1. The SMILES string of the molecule is CCC(C)(C)C1CCn2ncnc2C1. The molecule has 14 heavy (non-hydrogen) atoms. The summed E-state index contributed by atoms with van der Waals surface area (Å²) >= 11 is 0. The summed E-state index contributed by atoms with van der Waals surface area (Å²) in [5.41, 5.74) is 0.442. The number of hydrogen-bond donors (Lipinski definition) is 0. The smallest absolute Gasteiger partial charge is 0.138 e. The predicted octanol–water partition coefficient (Wildman–Crippen LogP) is 2.28. The van der Waals surface area contributed by atoms with Gasteiger partial charge in [0.1, 0.15) is 12.2 Å². The highest BCUT2D eigenvalue weighted by Crippen LogP contribution is 2.37. The molecule has 0 N–H and O–H groups in total. The molecule has 1 unspecified atom stereocenters. The van der Waals surface area contributed by atoms with Crippen LogP contribution in [0.4, 0.5) is 0 Å². The van der Waals surface area contributed by atoms with Gasteiger partial charge in [-0.25, -0.2) is 4.98 Å². The molecular weight excluding hydrogens is 174 g/mol.